The lowest BCUT2D eigenvalue weighted by molar-refractivity contribution is 0.275. The molecule has 0 bridgehead atoms. The van der Waals surface area contributed by atoms with E-state index in [-0.39, 0.29) is 0 Å². The number of nitrogens with zero attached hydrogens (tertiary/aromatic N) is 2. The topological polar surface area (TPSA) is 20.2 Å². The van der Waals surface area contributed by atoms with Gasteiger partial charge in [-0.2, -0.15) is 0 Å². The summed E-state index contributed by atoms with van der Waals surface area (Å²) in [6.07, 6.45) is 9.54. The number of benzene rings is 2. The van der Waals surface area contributed by atoms with E-state index < -0.39 is 0 Å². The number of aryl methyl sites for hydroxylation is 1. The van der Waals surface area contributed by atoms with Crippen LogP contribution < -0.4 is 5.32 Å². The predicted molar refractivity (Wildman–Crippen MR) is 144 cm³/mol. The summed E-state index contributed by atoms with van der Waals surface area (Å²) >= 11 is 18.9. The molecule has 33 heavy (non-hydrogen) atoms. The van der Waals surface area contributed by atoms with Crippen molar-refractivity contribution < 1.29 is 0 Å². The average Bonchev–Trinajstić information content (AvgIpc) is 3.05. The normalized spacial score (nSPS) is 14.6. The van der Waals surface area contributed by atoms with Gasteiger partial charge in [-0.15, -0.1) is 0 Å². The van der Waals surface area contributed by atoms with Gasteiger partial charge in [0.05, 0.1) is 17.3 Å². The van der Waals surface area contributed by atoms with E-state index in [0.717, 1.165) is 52.9 Å². The number of aromatic nitrogens is 1. The molecule has 0 unspecified atom stereocenters. The second-order valence-corrected chi connectivity index (χ2v) is 10.1. The molecule has 3 aromatic rings. The zero-order valence-corrected chi connectivity index (χ0v) is 21.4. The van der Waals surface area contributed by atoms with Gasteiger partial charge in [-0.25, -0.2) is 0 Å². The third-order valence-electron chi connectivity index (χ3n) is 6.45. The maximum Gasteiger partial charge on any atom is 0.174 e. The van der Waals surface area contributed by atoms with Gasteiger partial charge in [0.25, 0.3) is 0 Å². The minimum absolute atomic E-state index is 0.417. The van der Waals surface area contributed by atoms with E-state index in [0.29, 0.717) is 11.1 Å². The highest BCUT2D eigenvalue weighted by atomic mass is 35.5. The Balaban J connectivity index is 1.57. The molecule has 1 aromatic heterocycles. The first-order valence-corrected chi connectivity index (χ1v) is 12.9. The van der Waals surface area contributed by atoms with Gasteiger partial charge in [-0.1, -0.05) is 73.2 Å². The van der Waals surface area contributed by atoms with E-state index in [1.165, 1.54) is 31.4 Å². The molecule has 1 saturated carbocycles. The minimum atomic E-state index is 0.417. The molecular weight excluding hydrogens is 469 g/mol. The van der Waals surface area contributed by atoms with Crippen LogP contribution in [0, 0.1) is 6.92 Å². The van der Waals surface area contributed by atoms with Crippen LogP contribution in [0.5, 0.6) is 0 Å². The number of nitrogens with one attached hydrogen (secondary N) is 1. The predicted octanol–water partition coefficient (Wildman–Crippen LogP) is 8.07. The maximum absolute atomic E-state index is 6.51. The summed E-state index contributed by atoms with van der Waals surface area (Å²) in [4.78, 5) is 2.37. The van der Waals surface area contributed by atoms with Crippen LogP contribution in [-0.2, 0) is 13.1 Å². The standard InChI is InChI=1S/C27H31Cl2N3S/c1-20-14-15-26(25(29)17-20)30-27(33)32(22-10-4-2-3-5-11-22)19-23-12-8-16-31(23)18-21-9-6-7-13-24(21)28/h6-9,12-17,22H,2-5,10-11,18-19H2,1H3,(H,30,33). The fourth-order valence-corrected chi connectivity index (χ4v) is 5.38. The SMILES string of the molecule is Cc1ccc(NC(=S)N(Cc2cccn2Cc2ccccc2Cl)C2CCCCCC2)c(Cl)c1. The van der Waals surface area contributed by atoms with Crippen molar-refractivity contribution >= 4 is 46.2 Å². The molecule has 3 nitrogen and oxygen atoms in total. The zero-order chi connectivity index (χ0) is 23.2. The van der Waals surface area contributed by atoms with Crippen LogP contribution in [0.1, 0.15) is 55.3 Å². The number of rotatable bonds is 6. The van der Waals surface area contributed by atoms with Crippen LogP contribution in [0.25, 0.3) is 0 Å². The summed E-state index contributed by atoms with van der Waals surface area (Å²) in [5.74, 6) is 0. The monoisotopic (exact) mass is 499 g/mol. The average molecular weight is 501 g/mol. The molecule has 1 N–H and O–H groups in total. The van der Waals surface area contributed by atoms with E-state index in [9.17, 15) is 0 Å². The van der Waals surface area contributed by atoms with Crippen LogP contribution in [0.2, 0.25) is 10.0 Å². The molecule has 0 spiro atoms. The molecule has 1 aliphatic carbocycles. The summed E-state index contributed by atoms with van der Waals surface area (Å²) in [6.45, 7) is 3.53. The van der Waals surface area contributed by atoms with Gasteiger partial charge in [0.15, 0.2) is 5.11 Å². The molecular formula is C27H31Cl2N3S. The van der Waals surface area contributed by atoms with E-state index >= 15 is 0 Å². The first-order valence-electron chi connectivity index (χ1n) is 11.7. The van der Waals surface area contributed by atoms with Crippen molar-refractivity contribution in [1.82, 2.24) is 9.47 Å². The van der Waals surface area contributed by atoms with Crippen LogP contribution in [0.3, 0.4) is 0 Å². The lowest BCUT2D eigenvalue weighted by Gasteiger charge is -2.34. The maximum atomic E-state index is 6.51. The Morgan fingerprint density at radius 2 is 1.76 bits per heavy atom. The molecule has 0 amide bonds. The Morgan fingerprint density at radius 1 is 1.00 bits per heavy atom. The molecule has 1 heterocycles. The molecule has 174 valence electrons. The Kier molecular flexibility index (Phi) is 8.34. The van der Waals surface area contributed by atoms with Crippen LogP contribution >= 0.6 is 35.4 Å². The van der Waals surface area contributed by atoms with E-state index in [4.69, 9.17) is 35.4 Å². The Hall–Kier alpha value is -2.01. The fourth-order valence-electron chi connectivity index (χ4n) is 4.58. The van der Waals surface area contributed by atoms with E-state index in [1.54, 1.807) is 0 Å². The van der Waals surface area contributed by atoms with E-state index in [2.05, 4.69) is 45.2 Å². The summed E-state index contributed by atoms with van der Waals surface area (Å²) in [7, 11) is 0. The van der Waals surface area contributed by atoms with Crippen molar-refractivity contribution in [3.8, 4) is 0 Å². The highest BCUT2D eigenvalue weighted by molar-refractivity contribution is 7.80. The van der Waals surface area contributed by atoms with Gasteiger partial charge in [0, 0.05) is 29.5 Å². The number of thiocarbonyl (C=S) groups is 1. The lowest BCUT2D eigenvalue weighted by atomic mass is 10.1. The summed E-state index contributed by atoms with van der Waals surface area (Å²) in [5, 5.41) is 5.67. The fraction of sp³-hybridized carbons (Fsp3) is 0.370. The van der Waals surface area contributed by atoms with Crippen molar-refractivity contribution in [2.75, 3.05) is 5.32 Å². The number of hydrogen-bond donors (Lipinski definition) is 1. The number of anilines is 1. The van der Waals surface area contributed by atoms with Crippen LogP contribution in [-0.4, -0.2) is 20.6 Å². The summed E-state index contributed by atoms with van der Waals surface area (Å²) in [6, 6.07) is 18.8. The van der Waals surface area contributed by atoms with Crippen molar-refractivity contribution in [2.45, 2.75) is 64.6 Å². The van der Waals surface area contributed by atoms with Gasteiger partial charge in [-0.05, 0) is 73.4 Å². The highest BCUT2D eigenvalue weighted by Gasteiger charge is 2.24. The van der Waals surface area contributed by atoms with Gasteiger partial charge >= 0.3 is 0 Å². The van der Waals surface area contributed by atoms with Crippen molar-refractivity contribution in [3.63, 3.8) is 0 Å². The van der Waals surface area contributed by atoms with Crippen LogP contribution in [0.4, 0.5) is 5.69 Å². The lowest BCUT2D eigenvalue weighted by Crippen LogP contribution is -2.42. The first-order chi connectivity index (χ1) is 16.0. The zero-order valence-electron chi connectivity index (χ0n) is 19.1. The van der Waals surface area contributed by atoms with Gasteiger partial charge < -0.3 is 14.8 Å². The summed E-state index contributed by atoms with van der Waals surface area (Å²) in [5.41, 5.74) is 4.33. The summed E-state index contributed by atoms with van der Waals surface area (Å²) < 4.78 is 2.27. The minimum Gasteiger partial charge on any atom is -0.345 e. The Bertz CT molecular complexity index is 1090. The quantitative estimate of drug-likeness (QED) is 0.273. The van der Waals surface area contributed by atoms with Gasteiger partial charge in [0.1, 0.15) is 0 Å². The number of hydrogen-bond acceptors (Lipinski definition) is 1. The van der Waals surface area contributed by atoms with Crippen molar-refractivity contribution in [1.29, 1.82) is 0 Å². The molecule has 1 fully saturated rings. The molecule has 4 rings (SSSR count). The van der Waals surface area contributed by atoms with Gasteiger partial charge in [-0.3, -0.25) is 0 Å². The second-order valence-electron chi connectivity index (χ2n) is 8.91. The Morgan fingerprint density at radius 3 is 2.48 bits per heavy atom. The van der Waals surface area contributed by atoms with Crippen molar-refractivity contribution in [3.05, 3.63) is 87.7 Å². The van der Waals surface area contributed by atoms with Gasteiger partial charge in [0.2, 0.25) is 0 Å². The first kappa shape index (κ1) is 24.1. The number of halogens is 2. The third kappa shape index (κ3) is 6.32. The molecule has 0 atom stereocenters. The molecule has 0 aliphatic heterocycles. The molecule has 0 radical (unpaired) electrons. The molecule has 1 aliphatic rings. The second kappa shape index (κ2) is 11.4. The molecule has 0 saturated heterocycles. The highest BCUT2D eigenvalue weighted by Crippen LogP contribution is 2.27. The van der Waals surface area contributed by atoms with Crippen molar-refractivity contribution in [2.24, 2.45) is 0 Å². The van der Waals surface area contributed by atoms with E-state index in [1.807, 2.05) is 37.3 Å². The smallest absolute Gasteiger partial charge is 0.174 e. The molecule has 6 heteroatoms. The van der Waals surface area contributed by atoms with Crippen LogP contribution in [0.15, 0.2) is 60.8 Å². The largest absolute Gasteiger partial charge is 0.345 e. The molecule has 2 aromatic carbocycles. The third-order valence-corrected chi connectivity index (χ3v) is 7.46. The Labute approximate surface area is 212 Å².